The lowest BCUT2D eigenvalue weighted by molar-refractivity contribution is -0.140. The van der Waals surface area contributed by atoms with Gasteiger partial charge in [0, 0.05) is 0 Å². The van der Waals surface area contributed by atoms with Crippen LogP contribution in [0.5, 0.6) is 0 Å². The molecule has 0 fully saturated rings. The average molecular weight is 339 g/mol. The molecule has 134 valence electrons. The largest absolute Gasteiger partial charge is 0.480 e. The van der Waals surface area contributed by atoms with E-state index in [2.05, 4.69) is 17.2 Å². The zero-order valence-electron chi connectivity index (χ0n) is 12.0. The van der Waals surface area contributed by atoms with E-state index in [0.717, 1.165) is 0 Å². The van der Waals surface area contributed by atoms with Crippen LogP contribution in [0.15, 0.2) is 0 Å². The van der Waals surface area contributed by atoms with Crippen LogP contribution < -0.4 is 28.7 Å². The number of nitrogens with two attached hydrogens (primary N) is 5. The summed E-state index contributed by atoms with van der Waals surface area (Å²) in [6.45, 7) is -0.278. The van der Waals surface area contributed by atoms with E-state index in [0.29, 0.717) is 0 Å². The Kier molecular flexibility index (Phi) is 15.5. The van der Waals surface area contributed by atoms with Gasteiger partial charge in [-0.25, -0.2) is 0 Å². The van der Waals surface area contributed by atoms with Gasteiger partial charge >= 0.3 is 17.9 Å². The molecule has 13 nitrogen and oxygen atoms in total. The Morgan fingerprint density at radius 1 is 0.739 bits per heavy atom. The molecular weight excluding hydrogens is 318 g/mol. The maximum absolute atomic E-state index is 9.99. The number of primary amides is 2. The van der Waals surface area contributed by atoms with E-state index in [1.54, 1.807) is 0 Å². The molecule has 13 heteroatoms. The van der Waals surface area contributed by atoms with Gasteiger partial charge < -0.3 is 44.0 Å². The van der Waals surface area contributed by atoms with Gasteiger partial charge in [0.05, 0.1) is 19.4 Å². The second-order valence-corrected chi connectivity index (χ2v) is 3.83. The first kappa shape index (κ1) is 25.2. The number of rotatable bonds is 7. The fraction of sp³-hybridized carbons (Fsp3) is 0.500. The van der Waals surface area contributed by atoms with Gasteiger partial charge in [0.2, 0.25) is 11.8 Å². The van der Waals surface area contributed by atoms with Gasteiger partial charge in [-0.15, -0.1) is 0 Å². The standard InChI is InChI=1S/2C4H8N2O3.C2H5NO2/c2*5-2(4(8)9)1-3(6)7;3-1-2(4)5/h2*2H,1,5H2,(H2,6,7)(H,8,9);1,3H2,(H,4,5). The van der Waals surface area contributed by atoms with E-state index >= 15 is 0 Å². The van der Waals surface area contributed by atoms with Gasteiger partial charge in [-0.2, -0.15) is 0 Å². The molecule has 0 spiro atoms. The van der Waals surface area contributed by atoms with Gasteiger partial charge in [-0.05, 0) is 0 Å². The summed E-state index contributed by atoms with van der Waals surface area (Å²) in [5, 5.41) is 23.8. The summed E-state index contributed by atoms with van der Waals surface area (Å²) >= 11 is 0. The number of carboxylic acids is 3. The minimum absolute atomic E-state index is 0.278. The summed E-state index contributed by atoms with van der Waals surface area (Å²) in [7, 11) is 0. The first-order valence-corrected chi connectivity index (χ1v) is 5.80. The lowest BCUT2D eigenvalue weighted by Gasteiger charge is -1.99. The molecule has 0 aromatic rings. The van der Waals surface area contributed by atoms with Crippen LogP contribution in [0.2, 0.25) is 0 Å². The van der Waals surface area contributed by atoms with Gasteiger partial charge in [0.25, 0.3) is 0 Å². The van der Waals surface area contributed by atoms with Crippen molar-refractivity contribution >= 4 is 29.7 Å². The van der Waals surface area contributed by atoms with Crippen LogP contribution in [0.3, 0.4) is 0 Å². The SMILES string of the molecule is NC(=O)CC(N)C(=O)O.NC(=O)CC(N)C(=O)O.NCC(=O)O. The van der Waals surface area contributed by atoms with Gasteiger partial charge in [0.15, 0.2) is 0 Å². The van der Waals surface area contributed by atoms with Crippen molar-refractivity contribution in [2.75, 3.05) is 6.54 Å². The Hall–Kier alpha value is -2.77. The molecule has 0 aliphatic carbocycles. The highest BCUT2D eigenvalue weighted by Gasteiger charge is 2.13. The zero-order valence-corrected chi connectivity index (χ0v) is 12.0. The van der Waals surface area contributed by atoms with Crippen molar-refractivity contribution in [1.29, 1.82) is 0 Å². The van der Waals surface area contributed by atoms with Crippen LogP contribution in [-0.4, -0.2) is 63.7 Å². The second-order valence-electron chi connectivity index (χ2n) is 3.83. The number of carboxylic acid groups (broad SMARTS) is 3. The summed E-state index contributed by atoms with van der Waals surface area (Å²) < 4.78 is 0. The monoisotopic (exact) mass is 339 g/mol. The number of hydrogen-bond donors (Lipinski definition) is 8. The third-order valence-electron chi connectivity index (χ3n) is 1.65. The smallest absolute Gasteiger partial charge is 0.321 e. The van der Waals surface area contributed by atoms with Crippen LogP contribution in [0.25, 0.3) is 0 Å². The zero-order chi connectivity index (χ0) is 19.2. The van der Waals surface area contributed by atoms with Crippen LogP contribution in [0.4, 0.5) is 0 Å². The molecule has 13 N–H and O–H groups in total. The van der Waals surface area contributed by atoms with Crippen LogP contribution in [0.1, 0.15) is 12.8 Å². The maximum atomic E-state index is 9.99. The van der Waals surface area contributed by atoms with Crippen molar-refractivity contribution in [3.63, 3.8) is 0 Å². The lowest BCUT2D eigenvalue weighted by Crippen LogP contribution is -2.34. The Balaban J connectivity index is -0.000000273. The van der Waals surface area contributed by atoms with Gasteiger partial charge in [-0.3, -0.25) is 24.0 Å². The minimum Gasteiger partial charge on any atom is -0.480 e. The van der Waals surface area contributed by atoms with E-state index in [1.807, 2.05) is 0 Å². The number of aliphatic carboxylic acids is 3. The molecule has 0 heterocycles. The number of amides is 2. The molecule has 0 aliphatic heterocycles. The van der Waals surface area contributed by atoms with Crippen molar-refractivity contribution in [3.05, 3.63) is 0 Å². The van der Waals surface area contributed by atoms with Crippen LogP contribution in [-0.2, 0) is 24.0 Å². The van der Waals surface area contributed by atoms with E-state index in [-0.39, 0.29) is 19.4 Å². The first-order chi connectivity index (χ1) is 10.3. The molecule has 0 saturated carbocycles. The quantitative estimate of drug-likeness (QED) is 0.219. The highest BCUT2D eigenvalue weighted by atomic mass is 16.4. The third kappa shape index (κ3) is 24.6. The molecule has 0 saturated heterocycles. The number of carbonyl (C=O) groups excluding carboxylic acids is 2. The predicted molar refractivity (Wildman–Crippen MR) is 75.5 cm³/mol. The van der Waals surface area contributed by atoms with Crippen LogP contribution >= 0.6 is 0 Å². The summed E-state index contributed by atoms with van der Waals surface area (Å²) in [5.74, 6) is -4.80. The molecular formula is C10H21N5O8. The molecule has 0 radical (unpaired) electrons. The highest BCUT2D eigenvalue weighted by Crippen LogP contribution is 1.85. The normalized spacial score (nSPS) is 11.4. The van der Waals surface area contributed by atoms with Gasteiger partial charge in [0.1, 0.15) is 12.1 Å². The molecule has 0 rings (SSSR count). The van der Waals surface area contributed by atoms with Gasteiger partial charge in [-0.1, -0.05) is 0 Å². The van der Waals surface area contributed by atoms with Crippen molar-refractivity contribution in [2.24, 2.45) is 28.7 Å². The molecule has 2 amide bonds. The van der Waals surface area contributed by atoms with Crippen molar-refractivity contribution in [2.45, 2.75) is 24.9 Å². The summed E-state index contributed by atoms with van der Waals surface area (Å²) in [4.78, 5) is 49.0. The van der Waals surface area contributed by atoms with E-state index in [1.165, 1.54) is 0 Å². The average Bonchev–Trinajstić information content (AvgIpc) is 2.38. The fourth-order valence-corrected chi connectivity index (χ4v) is 0.608. The molecule has 23 heavy (non-hydrogen) atoms. The molecule has 2 atom stereocenters. The maximum Gasteiger partial charge on any atom is 0.321 e. The molecule has 0 aromatic heterocycles. The summed E-state index contributed by atoms with van der Waals surface area (Å²) in [6.07, 6.45) is -0.620. The molecule has 2 unspecified atom stereocenters. The van der Waals surface area contributed by atoms with E-state index in [9.17, 15) is 24.0 Å². The predicted octanol–water partition coefficient (Wildman–Crippen LogP) is -4.42. The Labute approximate surface area is 130 Å². The van der Waals surface area contributed by atoms with E-state index in [4.69, 9.17) is 26.8 Å². The van der Waals surface area contributed by atoms with Crippen LogP contribution in [0, 0.1) is 0 Å². The topological polar surface area (TPSA) is 276 Å². The molecule has 0 aromatic carbocycles. The Morgan fingerprint density at radius 2 is 0.957 bits per heavy atom. The fourth-order valence-electron chi connectivity index (χ4n) is 0.608. The second kappa shape index (κ2) is 14.2. The Bertz CT molecular complexity index is 395. The molecule has 0 bridgehead atoms. The first-order valence-electron chi connectivity index (χ1n) is 5.80. The lowest BCUT2D eigenvalue weighted by atomic mass is 10.2. The summed E-state index contributed by atoms with van der Waals surface area (Å²) in [5.41, 5.74) is 23.7. The minimum atomic E-state index is -1.21. The third-order valence-corrected chi connectivity index (χ3v) is 1.65. The number of carbonyl (C=O) groups is 5. The summed E-state index contributed by atoms with van der Waals surface area (Å²) in [6, 6.07) is -2.33. The van der Waals surface area contributed by atoms with Crippen molar-refractivity contribution in [1.82, 2.24) is 0 Å². The molecule has 0 aliphatic rings. The highest BCUT2D eigenvalue weighted by molar-refractivity contribution is 5.83. The van der Waals surface area contributed by atoms with Crippen molar-refractivity contribution in [3.8, 4) is 0 Å². The van der Waals surface area contributed by atoms with Crippen molar-refractivity contribution < 1.29 is 39.3 Å². The van der Waals surface area contributed by atoms with E-state index < -0.39 is 41.8 Å². The number of hydrogen-bond acceptors (Lipinski definition) is 8. The Morgan fingerprint density at radius 3 is 1.00 bits per heavy atom.